The number of anilines is 1. The fraction of sp³-hybridized carbons (Fsp3) is 0.600. The third-order valence-corrected chi connectivity index (χ3v) is 4.91. The lowest BCUT2D eigenvalue weighted by atomic mass is 9.82. The summed E-state index contributed by atoms with van der Waals surface area (Å²) in [7, 11) is 0. The molecule has 0 fully saturated rings. The Morgan fingerprint density at radius 1 is 1.36 bits per heavy atom. The first-order chi connectivity index (χ1) is 11.7. The molecule has 2 amide bonds. The van der Waals surface area contributed by atoms with Gasteiger partial charge in [-0.15, -0.1) is 0 Å². The zero-order valence-electron chi connectivity index (χ0n) is 16.0. The summed E-state index contributed by atoms with van der Waals surface area (Å²) in [5.41, 5.74) is 1.83. The van der Waals surface area contributed by atoms with Gasteiger partial charge >= 0.3 is 0 Å². The lowest BCUT2D eigenvalue weighted by Gasteiger charge is -2.31. The number of benzene rings is 1. The molecule has 5 heteroatoms. The monoisotopic (exact) mass is 346 g/mol. The number of fused-ring (bicyclic) bond motifs is 1. The van der Waals surface area contributed by atoms with E-state index in [9.17, 15) is 9.59 Å². The Hall–Kier alpha value is -2.04. The van der Waals surface area contributed by atoms with Crippen LogP contribution >= 0.6 is 0 Å². The molecule has 1 aliphatic heterocycles. The van der Waals surface area contributed by atoms with Crippen LogP contribution in [0.1, 0.15) is 53.0 Å². The van der Waals surface area contributed by atoms with E-state index in [4.69, 9.17) is 4.74 Å². The maximum Gasteiger partial charge on any atom is 0.265 e. The summed E-state index contributed by atoms with van der Waals surface area (Å²) < 4.78 is 5.54. The van der Waals surface area contributed by atoms with Crippen molar-refractivity contribution in [3.63, 3.8) is 0 Å². The molecule has 138 valence electrons. The highest BCUT2D eigenvalue weighted by Crippen LogP contribution is 2.37. The van der Waals surface area contributed by atoms with Crippen molar-refractivity contribution in [1.29, 1.82) is 0 Å². The summed E-state index contributed by atoms with van der Waals surface area (Å²) in [6.45, 7) is 11.3. The largest absolute Gasteiger partial charge is 0.482 e. The average molecular weight is 346 g/mol. The third kappa shape index (κ3) is 4.74. The second-order valence-corrected chi connectivity index (χ2v) is 7.72. The average Bonchev–Trinajstić information content (AvgIpc) is 2.56. The Kier molecular flexibility index (Phi) is 6.09. The number of rotatable bonds is 7. The predicted octanol–water partition coefficient (Wildman–Crippen LogP) is 3.26. The minimum absolute atomic E-state index is 0.000712. The summed E-state index contributed by atoms with van der Waals surface area (Å²) >= 11 is 0. The zero-order chi connectivity index (χ0) is 18.6. The molecular weight excluding hydrogens is 316 g/mol. The summed E-state index contributed by atoms with van der Waals surface area (Å²) in [6.07, 6.45) is 1.91. The summed E-state index contributed by atoms with van der Waals surface area (Å²) in [5.74, 6) is 0.870. The van der Waals surface area contributed by atoms with Crippen molar-refractivity contribution >= 4 is 17.5 Å². The molecule has 1 N–H and O–H groups in total. The molecule has 2 rings (SSSR count). The molecule has 1 aromatic carbocycles. The molecule has 0 saturated heterocycles. The van der Waals surface area contributed by atoms with Gasteiger partial charge in [0.1, 0.15) is 12.3 Å². The van der Waals surface area contributed by atoms with Crippen LogP contribution in [0.25, 0.3) is 0 Å². The fourth-order valence-electron chi connectivity index (χ4n) is 2.70. The molecule has 0 saturated carbocycles. The quantitative estimate of drug-likeness (QED) is 0.824. The number of nitrogens with zero attached hydrogens (tertiary/aromatic N) is 1. The van der Waals surface area contributed by atoms with E-state index in [1.807, 2.05) is 18.2 Å². The Morgan fingerprint density at radius 3 is 2.72 bits per heavy atom. The highest BCUT2D eigenvalue weighted by atomic mass is 16.5. The van der Waals surface area contributed by atoms with Crippen molar-refractivity contribution in [2.45, 2.75) is 52.9 Å². The highest BCUT2D eigenvalue weighted by Gasteiger charge is 2.29. The van der Waals surface area contributed by atoms with Crippen LogP contribution in [0.2, 0.25) is 0 Å². The Balaban J connectivity index is 2.18. The number of carbonyl (C=O) groups is 2. The molecule has 0 spiro atoms. The van der Waals surface area contributed by atoms with Crippen LogP contribution in [0.4, 0.5) is 5.69 Å². The first-order valence-electron chi connectivity index (χ1n) is 9.09. The normalized spacial score (nSPS) is 14.3. The Morgan fingerprint density at radius 2 is 2.08 bits per heavy atom. The highest BCUT2D eigenvalue weighted by molar-refractivity contribution is 6.02. The van der Waals surface area contributed by atoms with E-state index in [0.29, 0.717) is 23.9 Å². The first kappa shape index (κ1) is 19.3. The molecule has 0 bridgehead atoms. The van der Waals surface area contributed by atoms with Crippen molar-refractivity contribution in [2.24, 2.45) is 5.92 Å². The lowest BCUT2D eigenvalue weighted by molar-refractivity contribution is -0.125. The first-order valence-corrected chi connectivity index (χ1v) is 9.09. The topological polar surface area (TPSA) is 58.6 Å². The van der Waals surface area contributed by atoms with Gasteiger partial charge in [0, 0.05) is 6.54 Å². The van der Waals surface area contributed by atoms with Gasteiger partial charge in [0.25, 0.3) is 5.91 Å². The molecule has 25 heavy (non-hydrogen) atoms. The van der Waals surface area contributed by atoms with E-state index < -0.39 is 0 Å². The van der Waals surface area contributed by atoms with Crippen LogP contribution in [0.5, 0.6) is 5.75 Å². The maximum absolute atomic E-state index is 12.3. The SMILES string of the molecule is CCC(C)(C)c1ccc2c(c1)N(CC(=O)NCCC(C)C)C(=O)CO2. The Bertz CT molecular complexity index is 638. The molecule has 5 nitrogen and oxygen atoms in total. The number of ether oxygens (including phenoxy) is 1. The molecule has 1 heterocycles. The summed E-state index contributed by atoms with van der Waals surface area (Å²) in [4.78, 5) is 26.1. The molecule has 0 unspecified atom stereocenters. The third-order valence-electron chi connectivity index (χ3n) is 4.91. The van der Waals surface area contributed by atoms with Gasteiger partial charge in [0.05, 0.1) is 5.69 Å². The number of carbonyl (C=O) groups excluding carboxylic acids is 2. The lowest BCUT2D eigenvalue weighted by Crippen LogP contribution is -2.45. The van der Waals surface area contributed by atoms with Crippen LogP contribution in [-0.2, 0) is 15.0 Å². The molecule has 0 aromatic heterocycles. The van der Waals surface area contributed by atoms with Gasteiger partial charge in [-0.3, -0.25) is 14.5 Å². The number of hydrogen-bond acceptors (Lipinski definition) is 3. The minimum Gasteiger partial charge on any atom is -0.482 e. The molecular formula is C20H30N2O3. The van der Waals surface area contributed by atoms with Crippen molar-refractivity contribution in [1.82, 2.24) is 5.32 Å². The predicted molar refractivity (Wildman–Crippen MR) is 100 cm³/mol. The van der Waals surface area contributed by atoms with Crippen LogP contribution < -0.4 is 15.0 Å². The standard InChI is InChI=1S/C20H30N2O3/c1-6-20(4,5)15-7-8-17-16(11-15)22(19(24)13-25-17)12-18(23)21-10-9-14(2)3/h7-8,11,14H,6,9-10,12-13H2,1-5H3,(H,21,23). The van der Waals surface area contributed by atoms with Crippen LogP contribution in [-0.4, -0.2) is 31.5 Å². The molecule has 0 aliphatic carbocycles. The van der Waals surface area contributed by atoms with E-state index in [-0.39, 0.29) is 30.4 Å². The fourth-order valence-corrected chi connectivity index (χ4v) is 2.70. The number of amides is 2. The van der Waals surface area contributed by atoms with Crippen molar-refractivity contribution < 1.29 is 14.3 Å². The van der Waals surface area contributed by atoms with Gasteiger partial charge in [-0.05, 0) is 41.9 Å². The molecule has 1 aliphatic rings. The van der Waals surface area contributed by atoms with E-state index in [1.165, 1.54) is 0 Å². The Labute approximate surface area is 150 Å². The maximum atomic E-state index is 12.3. The van der Waals surface area contributed by atoms with Gasteiger partial charge in [0.2, 0.25) is 5.91 Å². The van der Waals surface area contributed by atoms with E-state index in [0.717, 1.165) is 18.4 Å². The molecule has 1 aromatic rings. The van der Waals surface area contributed by atoms with Gasteiger partial charge in [-0.25, -0.2) is 0 Å². The molecule has 0 radical (unpaired) electrons. The minimum atomic E-state index is -0.182. The van der Waals surface area contributed by atoms with Gasteiger partial charge in [-0.1, -0.05) is 40.7 Å². The van der Waals surface area contributed by atoms with Crippen LogP contribution in [0.15, 0.2) is 18.2 Å². The summed E-state index contributed by atoms with van der Waals surface area (Å²) in [5, 5.41) is 2.90. The van der Waals surface area contributed by atoms with E-state index >= 15 is 0 Å². The van der Waals surface area contributed by atoms with Gasteiger partial charge in [-0.2, -0.15) is 0 Å². The smallest absolute Gasteiger partial charge is 0.265 e. The second-order valence-electron chi connectivity index (χ2n) is 7.72. The van der Waals surface area contributed by atoms with E-state index in [2.05, 4.69) is 39.9 Å². The molecule has 0 atom stereocenters. The van der Waals surface area contributed by atoms with E-state index in [1.54, 1.807) is 4.90 Å². The summed E-state index contributed by atoms with van der Waals surface area (Å²) in [6, 6.07) is 5.93. The van der Waals surface area contributed by atoms with Crippen LogP contribution in [0.3, 0.4) is 0 Å². The van der Waals surface area contributed by atoms with Crippen molar-refractivity contribution in [2.75, 3.05) is 24.6 Å². The second kappa shape index (κ2) is 7.89. The van der Waals surface area contributed by atoms with Crippen molar-refractivity contribution in [3.8, 4) is 5.75 Å². The van der Waals surface area contributed by atoms with Crippen LogP contribution in [0, 0.1) is 5.92 Å². The van der Waals surface area contributed by atoms with Gasteiger partial charge in [0.15, 0.2) is 6.61 Å². The van der Waals surface area contributed by atoms with Crippen molar-refractivity contribution in [3.05, 3.63) is 23.8 Å². The number of nitrogens with one attached hydrogen (secondary N) is 1. The van der Waals surface area contributed by atoms with Gasteiger partial charge < -0.3 is 10.1 Å². The zero-order valence-corrected chi connectivity index (χ0v) is 16.0. The number of hydrogen-bond donors (Lipinski definition) is 1.